The molecule has 7 heteroatoms. The van der Waals surface area contributed by atoms with Gasteiger partial charge in [-0.05, 0) is 132 Å². The molecule has 5 aromatic rings. The minimum Gasteiger partial charge on any atom is -0.384 e. The molecule has 0 saturated carbocycles. The Hall–Kier alpha value is -4.01. The van der Waals surface area contributed by atoms with E-state index in [2.05, 4.69) is 110 Å². The number of nitrogens with one attached hydrogen (secondary N) is 3. The Kier molecular flexibility index (Phi) is 9.99. The molecule has 1 fully saturated rings. The van der Waals surface area contributed by atoms with Crippen LogP contribution in [-0.4, -0.2) is 80.8 Å². The van der Waals surface area contributed by atoms with Crippen LogP contribution in [-0.2, 0) is 12.8 Å². The quantitative estimate of drug-likeness (QED) is 0.138. The molecule has 3 bridgehead atoms. The van der Waals surface area contributed by atoms with Gasteiger partial charge >= 0.3 is 0 Å². The molecule has 292 valence electrons. The Bertz CT molecular complexity index is 2280. The molecule has 7 nitrogen and oxygen atoms in total. The molecule has 4 N–H and O–H groups in total. The van der Waals surface area contributed by atoms with Crippen molar-refractivity contribution < 1.29 is 5.11 Å². The van der Waals surface area contributed by atoms with E-state index in [1.54, 1.807) is 0 Å². The van der Waals surface area contributed by atoms with Gasteiger partial charge in [-0.3, -0.25) is 9.88 Å². The fraction of sp³-hybridized carbons (Fsp3) is 0.490. The molecular formula is C49H60N6O. The SMILES string of the molecule is O[C@]12C=C([C@@H]3c4[nH]c5ccccc5c4CCN3CCc3nccc4c3[nH]c3ccccc34)[C@@H]3CCN(CCCC/C=C\CC1)C[C@@]31CC/C=C\CCCCN[C@H]12. The van der Waals surface area contributed by atoms with Gasteiger partial charge in [-0.2, -0.15) is 0 Å². The first-order chi connectivity index (χ1) is 27.6. The second-order valence-corrected chi connectivity index (χ2v) is 17.7. The summed E-state index contributed by atoms with van der Waals surface area (Å²) in [5.74, 6) is 0.367. The van der Waals surface area contributed by atoms with Gasteiger partial charge in [-0.25, -0.2) is 0 Å². The van der Waals surface area contributed by atoms with E-state index in [0.717, 1.165) is 115 Å². The topological polar surface area (TPSA) is 83.2 Å². The zero-order valence-electron chi connectivity index (χ0n) is 33.1. The van der Waals surface area contributed by atoms with Crippen molar-refractivity contribution in [1.29, 1.82) is 0 Å². The predicted octanol–water partition coefficient (Wildman–Crippen LogP) is 9.32. The lowest BCUT2D eigenvalue weighted by Gasteiger charge is -2.61. The van der Waals surface area contributed by atoms with Gasteiger partial charge in [-0.1, -0.05) is 66.8 Å². The standard InChI is InChI=1S/C49H60N6O/c56-49-26-14-6-2-4-8-16-29-54-30-23-40(48(34-54)25-13-5-1-3-7-15-27-51-47(48)49)39(33-49)46-45-38(36-18-10-12-20-42(36)53-45)22-31-55(46)32-24-43-44-37(21-28-50-43)35-17-9-11-19-41(35)52-44/h1-2,5-6,9-12,17-21,28,33,40,46-47,51-53,56H,3-4,7-8,13-16,22-27,29-32,34H2/b5-1-,6-2-/t40-,46+,47+,48-,49-/m0/s1. The molecule has 2 aromatic carbocycles. The number of piperidine rings is 1. The highest BCUT2D eigenvalue weighted by molar-refractivity contribution is 6.07. The number of aromatic nitrogens is 3. The summed E-state index contributed by atoms with van der Waals surface area (Å²) in [7, 11) is 0. The molecule has 3 aromatic heterocycles. The average Bonchev–Trinajstić information content (AvgIpc) is 3.78. The highest BCUT2D eigenvalue weighted by Gasteiger charge is 2.60. The number of H-pyrrole nitrogens is 2. The van der Waals surface area contributed by atoms with Gasteiger partial charge in [0.15, 0.2) is 0 Å². The third kappa shape index (κ3) is 6.49. The smallest absolute Gasteiger partial charge is 0.0992 e. The highest BCUT2D eigenvalue weighted by atomic mass is 16.3. The van der Waals surface area contributed by atoms with E-state index in [1.807, 2.05) is 6.20 Å². The van der Waals surface area contributed by atoms with Gasteiger partial charge in [0.1, 0.15) is 0 Å². The minimum atomic E-state index is -0.961. The number of rotatable bonds is 4. The molecule has 0 amide bonds. The number of nitrogens with zero attached hydrogens (tertiary/aromatic N) is 3. The minimum absolute atomic E-state index is 0.00948. The van der Waals surface area contributed by atoms with E-state index in [-0.39, 0.29) is 17.5 Å². The molecule has 6 atom stereocenters. The Balaban J connectivity index is 1.12. The molecule has 0 radical (unpaired) electrons. The molecule has 1 aliphatic carbocycles. The zero-order valence-corrected chi connectivity index (χ0v) is 33.1. The molecular weight excluding hydrogens is 689 g/mol. The van der Waals surface area contributed by atoms with Crippen LogP contribution < -0.4 is 5.32 Å². The largest absolute Gasteiger partial charge is 0.384 e. The summed E-state index contributed by atoms with van der Waals surface area (Å²) in [6.07, 6.45) is 28.0. The third-order valence-corrected chi connectivity index (χ3v) is 14.5. The lowest BCUT2D eigenvalue weighted by molar-refractivity contribution is -0.0924. The number of aliphatic hydroxyl groups is 1. The fourth-order valence-corrected chi connectivity index (χ4v) is 12.0. The van der Waals surface area contributed by atoms with Crippen LogP contribution in [0.25, 0.3) is 32.7 Å². The summed E-state index contributed by atoms with van der Waals surface area (Å²) in [6.45, 7) is 6.17. The summed E-state index contributed by atoms with van der Waals surface area (Å²) >= 11 is 0. The van der Waals surface area contributed by atoms with Gasteiger partial charge in [0.25, 0.3) is 0 Å². The van der Waals surface area contributed by atoms with Crippen LogP contribution in [0.15, 0.2) is 96.7 Å². The van der Waals surface area contributed by atoms with Crippen LogP contribution in [0, 0.1) is 11.3 Å². The molecule has 5 aliphatic rings. The van der Waals surface area contributed by atoms with Crippen molar-refractivity contribution in [2.45, 2.75) is 101 Å². The maximum Gasteiger partial charge on any atom is 0.0992 e. The molecule has 1 unspecified atom stereocenters. The number of hydrogen-bond donors (Lipinski definition) is 4. The molecule has 10 rings (SSSR count). The van der Waals surface area contributed by atoms with Crippen LogP contribution in [0.1, 0.15) is 93.6 Å². The molecule has 1 spiro atoms. The van der Waals surface area contributed by atoms with E-state index in [4.69, 9.17) is 4.98 Å². The fourth-order valence-electron chi connectivity index (χ4n) is 12.0. The molecule has 4 aliphatic heterocycles. The summed E-state index contributed by atoms with van der Waals surface area (Å²) in [6, 6.07) is 19.8. The number of pyridine rings is 1. The maximum atomic E-state index is 13.5. The van der Waals surface area contributed by atoms with Crippen molar-refractivity contribution in [3.63, 3.8) is 0 Å². The van der Waals surface area contributed by atoms with E-state index >= 15 is 0 Å². The first-order valence-corrected chi connectivity index (χ1v) is 22.0. The van der Waals surface area contributed by atoms with Crippen molar-refractivity contribution in [3.05, 3.63) is 114 Å². The predicted molar refractivity (Wildman–Crippen MR) is 230 cm³/mol. The van der Waals surface area contributed by atoms with Crippen molar-refractivity contribution >= 4 is 32.7 Å². The monoisotopic (exact) mass is 748 g/mol. The molecule has 1 saturated heterocycles. The number of para-hydroxylation sites is 2. The van der Waals surface area contributed by atoms with E-state index in [1.165, 1.54) is 63.3 Å². The first-order valence-electron chi connectivity index (χ1n) is 22.0. The Morgan fingerprint density at radius 2 is 1.54 bits per heavy atom. The highest BCUT2D eigenvalue weighted by Crippen LogP contribution is 2.58. The zero-order chi connectivity index (χ0) is 37.5. The van der Waals surface area contributed by atoms with Crippen LogP contribution in [0.5, 0.6) is 0 Å². The van der Waals surface area contributed by atoms with Gasteiger partial charge in [0.05, 0.1) is 22.9 Å². The Morgan fingerprint density at radius 3 is 2.41 bits per heavy atom. The summed E-state index contributed by atoms with van der Waals surface area (Å²) in [4.78, 5) is 18.3. The summed E-state index contributed by atoms with van der Waals surface area (Å²) in [5, 5.41) is 21.6. The molecule has 56 heavy (non-hydrogen) atoms. The van der Waals surface area contributed by atoms with Gasteiger partial charge in [0.2, 0.25) is 0 Å². The first kappa shape index (κ1) is 36.3. The Morgan fingerprint density at radius 1 is 0.768 bits per heavy atom. The average molecular weight is 749 g/mol. The van der Waals surface area contributed by atoms with E-state index < -0.39 is 5.60 Å². The summed E-state index contributed by atoms with van der Waals surface area (Å²) < 4.78 is 0. The van der Waals surface area contributed by atoms with Crippen molar-refractivity contribution in [2.75, 3.05) is 39.3 Å². The number of allylic oxidation sites excluding steroid dienone is 4. The normalized spacial score (nSPS) is 31.7. The van der Waals surface area contributed by atoms with Crippen molar-refractivity contribution in [3.8, 4) is 0 Å². The van der Waals surface area contributed by atoms with Gasteiger partial charge in [0, 0.05) is 76.6 Å². The van der Waals surface area contributed by atoms with Crippen LogP contribution in [0.4, 0.5) is 0 Å². The summed E-state index contributed by atoms with van der Waals surface area (Å²) in [5.41, 5.74) is 7.93. The Labute approximate surface area is 332 Å². The second-order valence-electron chi connectivity index (χ2n) is 17.7. The number of hydrogen-bond acceptors (Lipinski definition) is 5. The van der Waals surface area contributed by atoms with E-state index in [0.29, 0.717) is 5.92 Å². The maximum absolute atomic E-state index is 13.5. The lowest BCUT2D eigenvalue weighted by atomic mass is 9.52. The van der Waals surface area contributed by atoms with Gasteiger partial charge < -0.3 is 25.3 Å². The lowest BCUT2D eigenvalue weighted by Crippen LogP contribution is -2.69. The van der Waals surface area contributed by atoms with Crippen LogP contribution in [0.3, 0.4) is 0 Å². The third-order valence-electron chi connectivity index (χ3n) is 14.5. The molecule has 7 heterocycles. The van der Waals surface area contributed by atoms with Gasteiger partial charge in [-0.15, -0.1) is 0 Å². The number of aromatic amines is 2. The second kappa shape index (κ2) is 15.4. The van der Waals surface area contributed by atoms with E-state index in [9.17, 15) is 5.11 Å². The van der Waals surface area contributed by atoms with Crippen molar-refractivity contribution in [2.24, 2.45) is 11.3 Å². The van der Waals surface area contributed by atoms with Crippen LogP contribution >= 0.6 is 0 Å². The van der Waals surface area contributed by atoms with Crippen molar-refractivity contribution in [1.82, 2.24) is 30.1 Å². The number of fused-ring (bicyclic) bond motifs is 7. The van der Waals surface area contributed by atoms with Crippen LogP contribution in [0.2, 0.25) is 0 Å². The number of benzene rings is 2.